The van der Waals surface area contributed by atoms with E-state index in [1.807, 2.05) is 0 Å². The van der Waals surface area contributed by atoms with E-state index in [0.29, 0.717) is 16.6 Å². The number of aromatic nitrogens is 1. The Morgan fingerprint density at radius 2 is 1.75 bits per heavy atom. The second kappa shape index (κ2) is 8.28. The molecule has 7 nitrogen and oxygen atoms in total. The van der Waals surface area contributed by atoms with E-state index in [0.717, 1.165) is 0 Å². The van der Waals surface area contributed by atoms with Gasteiger partial charge in [-0.3, -0.25) is 9.52 Å². The Hall–Kier alpha value is -3.10. The number of anilines is 2. The normalized spacial score (nSPS) is 10.9. The molecule has 144 valence electrons. The van der Waals surface area contributed by atoms with Gasteiger partial charge in [-0.2, -0.15) is 0 Å². The molecule has 2 aromatic carbocycles. The number of carbonyl (C=O) groups is 1. The standard InChI is InChI=1S/C19H16ClN3O4S/c1-27-18-11-8-14(12-21-18)22-19(24)16-4-2-3-5-17(16)23-28(25,26)15-9-6-13(20)7-10-15/h2-12,23H,1H3,(H,22,24). The van der Waals surface area contributed by atoms with Crippen molar-refractivity contribution in [3.63, 3.8) is 0 Å². The predicted octanol–water partition coefficient (Wildman–Crippen LogP) is 3.80. The van der Waals surface area contributed by atoms with Crippen LogP contribution in [0.15, 0.2) is 71.8 Å². The number of ether oxygens (including phenoxy) is 1. The third-order valence-corrected chi connectivity index (χ3v) is 5.38. The summed E-state index contributed by atoms with van der Waals surface area (Å²) >= 11 is 5.80. The van der Waals surface area contributed by atoms with Crippen molar-refractivity contribution in [3.05, 3.63) is 77.4 Å². The Morgan fingerprint density at radius 1 is 1.04 bits per heavy atom. The molecule has 0 bridgehead atoms. The number of para-hydroxylation sites is 1. The van der Waals surface area contributed by atoms with Gasteiger partial charge in [-0.25, -0.2) is 13.4 Å². The van der Waals surface area contributed by atoms with Gasteiger partial charge in [0.25, 0.3) is 15.9 Å². The van der Waals surface area contributed by atoms with Gasteiger partial charge >= 0.3 is 0 Å². The topological polar surface area (TPSA) is 97.4 Å². The van der Waals surface area contributed by atoms with E-state index in [1.165, 1.54) is 49.7 Å². The highest BCUT2D eigenvalue weighted by Crippen LogP contribution is 2.22. The molecule has 3 rings (SSSR count). The van der Waals surface area contributed by atoms with Crippen LogP contribution in [0.5, 0.6) is 5.88 Å². The minimum Gasteiger partial charge on any atom is -0.481 e. The van der Waals surface area contributed by atoms with Crippen molar-refractivity contribution < 1.29 is 17.9 Å². The molecule has 2 N–H and O–H groups in total. The van der Waals surface area contributed by atoms with Crippen LogP contribution in [0, 0.1) is 0 Å². The molecule has 0 radical (unpaired) electrons. The number of hydrogen-bond donors (Lipinski definition) is 2. The van der Waals surface area contributed by atoms with Gasteiger partial charge in [0.05, 0.1) is 35.1 Å². The molecule has 0 unspecified atom stereocenters. The number of pyridine rings is 1. The van der Waals surface area contributed by atoms with Crippen LogP contribution in [0.1, 0.15) is 10.4 Å². The summed E-state index contributed by atoms with van der Waals surface area (Å²) in [7, 11) is -2.40. The molecule has 0 spiro atoms. The summed E-state index contributed by atoms with van der Waals surface area (Å²) in [4.78, 5) is 16.7. The zero-order valence-electron chi connectivity index (χ0n) is 14.7. The monoisotopic (exact) mass is 417 g/mol. The van der Waals surface area contributed by atoms with E-state index >= 15 is 0 Å². The fourth-order valence-corrected chi connectivity index (χ4v) is 3.57. The summed E-state index contributed by atoms with van der Waals surface area (Å²) in [6, 6.07) is 15.3. The van der Waals surface area contributed by atoms with E-state index in [2.05, 4.69) is 15.0 Å². The van der Waals surface area contributed by atoms with Crippen molar-refractivity contribution >= 4 is 38.9 Å². The summed E-state index contributed by atoms with van der Waals surface area (Å²) in [5.41, 5.74) is 0.758. The van der Waals surface area contributed by atoms with Crippen LogP contribution < -0.4 is 14.8 Å². The lowest BCUT2D eigenvalue weighted by molar-refractivity contribution is 0.102. The first kappa shape index (κ1) is 19.7. The lowest BCUT2D eigenvalue weighted by Gasteiger charge is -2.13. The van der Waals surface area contributed by atoms with Gasteiger partial charge in [-0.05, 0) is 42.5 Å². The first-order chi connectivity index (χ1) is 13.4. The summed E-state index contributed by atoms with van der Waals surface area (Å²) in [5.74, 6) is -0.0736. The van der Waals surface area contributed by atoms with Crippen molar-refractivity contribution in [1.29, 1.82) is 0 Å². The second-order valence-electron chi connectivity index (χ2n) is 5.65. The van der Waals surface area contributed by atoms with Crippen LogP contribution in [0.25, 0.3) is 0 Å². The maximum atomic E-state index is 12.6. The molecule has 28 heavy (non-hydrogen) atoms. The van der Waals surface area contributed by atoms with E-state index in [4.69, 9.17) is 16.3 Å². The molecule has 9 heteroatoms. The van der Waals surface area contributed by atoms with Crippen LogP contribution in [-0.2, 0) is 10.0 Å². The Balaban J connectivity index is 1.83. The average molecular weight is 418 g/mol. The molecule has 1 heterocycles. The lowest BCUT2D eigenvalue weighted by Crippen LogP contribution is -2.18. The van der Waals surface area contributed by atoms with Crippen LogP contribution >= 0.6 is 11.6 Å². The fraction of sp³-hybridized carbons (Fsp3) is 0.0526. The molecule has 0 atom stereocenters. The third kappa shape index (κ3) is 4.59. The summed E-state index contributed by atoms with van der Waals surface area (Å²) < 4.78 is 32.6. The summed E-state index contributed by atoms with van der Waals surface area (Å²) in [6.07, 6.45) is 1.44. The minimum atomic E-state index is -3.89. The molecule has 0 saturated heterocycles. The van der Waals surface area contributed by atoms with Gasteiger partial charge in [0.2, 0.25) is 5.88 Å². The summed E-state index contributed by atoms with van der Waals surface area (Å²) in [6.45, 7) is 0. The lowest BCUT2D eigenvalue weighted by atomic mass is 10.1. The quantitative estimate of drug-likeness (QED) is 0.635. The number of rotatable bonds is 6. The number of benzene rings is 2. The molecule has 0 aliphatic rings. The SMILES string of the molecule is COc1ccc(NC(=O)c2ccccc2NS(=O)(=O)c2ccc(Cl)cc2)cn1. The van der Waals surface area contributed by atoms with Crippen molar-refractivity contribution in [1.82, 2.24) is 4.98 Å². The van der Waals surface area contributed by atoms with Crippen molar-refractivity contribution in [2.75, 3.05) is 17.1 Å². The molecule has 0 aliphatic carbocycles. The molecular weight excluding hydrogens is 402 g/mol. The molecule has 0 aliphatic heterocycles. The summed E-state index contributed by atoms with van der Waals surface area (Å²) in [5, 5.41) is 3.10. The van der Waals surface area contributed by atoms with Gasteiger partial charge in [-0.1, -0.05) is 23.7 Å². The number of sulfonamides is 1. The molecular formula is C19H16ClN3O4S. The highest BCUT2D eigenvalue weighted by atomic mass is 35.5. The molecule has 0 saturated carbocycles. The largest absolute Gasteiger partial charge is 0.481 e. The number of nitrogens with one attached hydrogen (secondary N) is 2. The average Bonchev–Trinajstić information content (AvgIpc) is 2.69. The Morgan fingerprint density at radius 3 is 2.39 bits per heavy atom. The van der Waals surface area contributed by atoms with E-state index in [9.17, 15) is 13.2 Å². The number of carbonyl (C=O) groups excluding carboxylic acids is 1. The van der Waals surface area contributed by atoms with Gasteiger partial charge < -0.3 is 10.1 Å². The Kier molecular flexibility index (Phi) is 5.81. The number of halogens is 1. The van der Waals surface area contributed by atoms with Crippen molar-refractivity contribution in [3.8, 4) is 5.88 Å². The Labute approximate surface area is 167 Å². The molecule has 1 aromatic heterocycles. The third-order valence-electron chi connectivity index (χ3n) is 3.74. The highest BCUT2D eigenvalue weighted by Gasteiger charge is 2.18. The van der Waals surface area contributed by atoms with Crippen molar-refractivity contribution in [2.24, 2.45) is 0 Å². The molecule has 0 fully saturated rings. The highest BCUT2D eigenvalue weighted by molar-refractivity contribution is 7.92. The minimum absolute atomic E-state index is 0.0338. The Bertz CT molecular complexity index is 1080. The number of nitrogens with zero attached hydrogens (tertiary/aromatic N) is 1. The van der Waals surface area contributed by atoms with Gasteiger partial charge in [0.15, 0.2) is 0 Å². The molecule has 3 aromatic rings. The van der Waals surface area contributed by atoms with Crippen molar-refractivity contribution in [2.45, 2.75) is 4.90 Å². The second-order valence-corrected chi connectivity index (χ2v) is 7.77. The first-order valence-corrected chi connectivity index (χ1v) is 9.94. The zero-order chi connectivity index (χ0) is 20.1. The zero-order valence-corrected chi connectivity index (χ0v) is 16.3. The smallest absolute Gasteiger partial charge is 0.261 e. The van der Waals surface area contributed by atoms with Gasteiger partial charge in [0.1, 0.15) is 0 Å². The van der Waals surface area contributed by atoms with Gasteiger partial charge in [0, 0.05) is 11.1 Å². The predicted molar refractivity (Wildman–Crippen MR) is 107 cm³/mol. The van der Waals surface area contributed by atoms with E-state index in [1.54, 1.807) is 24.3 Å². The van der Waals surface area contributed by atoms with Crippen LogP contribution in [0.3, 0.4) is 0 Å². The number of methoxy groups -OCH3 is 1. The molecule has 1 amide bonds. The fourth-order valence-electron chi connectivity index (χ4n) is 2.36. The first-order valence-electron chi connectivity index (χ1n) is 8.08. The number of hydrogen-bond acceptors (Lipinski definition) is 5. The maximum absolute atomic E-state index is 12.6. The van der Waals surface area contributed by atoms with E-state index in [-0.39, 0.29) is 16.1 Å². The maximum Gasteiger partial charge on any atom is 0.261 e. The van der Waals surface area contributed by atoms with Crippen LogP contribution in [0.2, 0.25) is 5.02 Å². The number of amides is 1. The van der Waals surface area contributed by atoms with Crippen LogP contribution in [0.4, 0.5) is 11.4 Å². The van der Waals surface area contributed by atoms with E-state index < -0.39 is 15.9 Å². The van der Waals surface area contributed by atoms with Gasteiger partial charge in [-0.15, -0.1) is 0 Å². The van der Waals surface area contributed by atoms with Crippen LogP contribution in [-0.4, -0.2) is 26.4 Å².